The lowest BCUT2D eigenvalue weighted by Gasteiger charge is -2.35. The number of nitrogens with zero attached hydrogens (tertiary/aromatic N) is 1. The van der Waals surface area contributed by atoms with E-state index in [-0.39, 0.29) is 0 Å². The number of fused-ring (bicyclic) bond motifs is 1. The first-order chi connectivity index (χ1) is 9.36. The summed E-state index contributed by atoms with van der Waals surface area (Å²) in [5.41, 5.74) is 1.58. The van der Waals surface area contributed by atoms with Crippen molar-refractivity contribution in [3.8, 4) is 0 Å². The highest BCUT2D eigenvalue weighted by Gasteiger charge is 2.27. The second-order valence-electron chi connectivity index (χ2n) is 5.75. The molecule has 1 saturated heterocycles. The van der Waals surface area contributed by atoms with Crippen molar-refractivity contribution in [2.75, 3.05) is 31.9 Å². The van der Waals surface area contributed by atoms with Gasteiger partial charge in [-0.1, -0.05) is 31.5 Å². The van der Waals surface area contributed by atoms with E-state index in [9.17, 15) is 0 Å². The highest BCUT2D eigenvalue weighted by atomic mass is 32.2. The summed E-state index contributed by atoms with van der Waals surface area (Å²) >= 11 is 2.03. The standard InChI is InChI=1S/C16H24N2S/c1-2-5-14-11-18(9-8-17-14)10-13-12-19-16-7-4-3-6-15(13)16/h3-4,6-7,13-14,17H,2,5,8-12H2,1H3. The summed E-state index contributed by atoms with van der Waals surface area (Å²) in [6.07, 6.45) is 2.60. The minimum absolute atomic E-state index is 0.711. The van der Waals surface area contributed by atoms with Crippen molar-refractivity contribution in [1.29, 1.82) is 0 Å². The fourth-order valence-electron chi connectivity index (χ4n) is 3.29. The molecule has 2 nitrogen and oxygen atoms in total. The Morgan fingerprint density at radius 3 is 3.16 bits per heavy atom. The SMILES string of the molecule is CCCC1CN(CC2CSc3ccccc32)CCN1. The van der Waals surface area contributed by atoms with Gasteiger partial charge in [-0.3, -0.25) is 4.90 Å². The first-order valence-corrected chi connectivity index (χ1v) is 8.53. The van der Waals surface area contributed by atoms with Crippen LogP contribution in [0.5, 0.6) is 0 Å². The first kappa shape index (κ1) is 13.5. The van der Waals surface area contributed by atoms with Gasteiger partial charge in [-0.15, -0.1) is 11.8 Å². The van der Waals surface area contributed by atoms with E-state index in [1.807, 2.05) is 11.8 Å². The van der Waals surface area contributed by atoms with Crippen molar-refractivity contribution in [3.05, 3.63) is 29.8 Å². The van der Waals surface area contributed by atoms with Crippen LogP contribution < -0.4 is 5.32 Å². The Bertz CT molecular complexity index is 419. The van der Waals surface area contributed by atoms with Crippen LogP contribution in [0.2, 0.25) is 0 Å². The smallest absolute Gasteiger partial charge is 0.0195 e. The number of nitrogens with one attached hydrogen (secondary N) is 1. The number of hydrogen-bond acceptors (Lipinski definition) is 3. The Balaban J connectivity index is 1.60. The second kappa shape index (κ2) is 6.29. The third-order valence-electron chi connectivity index (χ3n) is 4.25. The Hall–Kier alpha value is -0.510. The van der Waals surface area contributed by atoms with E-state index in [0.29, 0.717) is 6.04 Å². The molecule has 2 atom stereocenters. The largest absolute Gasteiger partial charge is 0.311 e. The van der Waals surface area contributed by atoms with Gasteiger partial charge in [-0.05, 0) is 18.1 Å². The lowest BCUT2D eigenvalue weighted by atomic mass is 9.99. The molecule has 3 heteroatoms. The molecule has 1 N–H and O–H groups in total. The van der Waals surface area contributed by atoms with Crippen LogP contribution in [0.3, 0.4) is 0 Å². The van der Waals surface area contributed by atoms with Crippen molar-refractivity contribution >= 4 is 11.8 Å². The summed E-state index contributed by atoms with van der Waals surface area (Å²) in [6, 6.07) is 9.66. The molecule has 1 aromatic carbocycles. The van der Waals surface area contributed by atoms with Gasteiger partial charge in [-0.25, -0.2) is 0 Å². The average Bonchev–Trinajstić information content (AvgIpc) is 2.83. The van der Waals surface area contributed by atoms with Crippen LogP contribution in [-0.4, -0.2) is 42.9 Å². The fourth-order valence-corrected chi connectivity index (χ4v) is 4.54. The van der Waals surface area contributed by atoms with Crippen LogP contribution >= 0.6 is 11.8 Å². The highest BCUT2D eigenvalue weighted by Crippen LogP contribution is 2.39. The van der Waals surface area contributed by atoms with E-state index in [1.54, 1.807) is 5.56 Å². The van der Waals surface area contributed by atoms with E-state index in [2.05, 4.69) is 41.4 Å². The van der Waals surface area contributed by atoms with Crippen molar-refractivity contribution in [2.24, 2.45) is 0 Å². The van der Waals surface area contributed by atoms with E-state index in [1.165, 1.54) is 43.1 Å². The molecule has 0 bridgehead atoms. The normalized spacial score (nSPS) is 27.4. The molecule has 1 aromatic rings. The number of hydrogen-bond donors (Lipinski definition) is 1. The predicted molar refractivity (Wildman–Crippen MR) is 83.0 cm³/mol. The van der Waals surface area contributed by atoms with Crippen LogP contribution in [0.15, 0.2) is 29.2 Å². The zero-order valence-electron chi connectivity index (χ0n) is 11.8. The maximum atomic E-state index is 3.65. The number of thioether (sulfide) groups is 1. The summed E-state index contributed by atoms with van der Waals surface area (Å²) in [6.45, 7) is 7.13. The van der Waals surface area contributed by atoms with E-state index >= 15 is 0 Å². The molecule has 2 aliphatic rings. The van der Waals surface area contributed by atoms with Crippen molar-refractivity contribution in [2.45, 2.75) is 36.6 Å². The quantitative estimate of drug-likeness (QED) is 0.910. The van der Waals surface area contributed by atoms with Gasteiger partial charge >= 0.3 is 0 Å². The zero-order valence-corrected chi connectivity index (χ0v) is 12.6. The second-order valence-corrected chi connectivity index (χ2v) is 6.81. The van der Waals surface area contributed by atoms with Gasteiger partial charge < -0.3 is 5.32 Å². The van der Waals surface area contributed by atoms with Crippen LogP contribution in [0, 0.1) is 0 Å². The number of rotatable bonds is 4. The molecule has 1 fully saturated rings. The van der Waals surface area contributed by atoms with E-state index in [0.717, 1.165) is 12.5 Å². The van der Waals surface area contributed by atoms with Crippen LogP contribution in [0.1, 0.15) is 31.2 Å². The molecular weight excluding hydrogens is 252 g/mol. The van der Waals surface area contributed by atoms with Gasteiger partial charge in [0.05, 0.1) is 0 Å². The maximum absolute atomic E-state index is 3.65. The molecule has 0 spiro atoms. The summed E-state index contributed by atoms with van der Waals surface area (Å²) in [4.78, 5) is 4.18. The summed E-state index contributed by atoms with van der Waals surface area (Å²) in [5.74, 6) is 2.00. The molecule has 19 heavy (non-hydrogen) atoms. The Labute approximate surface area is 121 Å². The molecular formula is C16H24N2S. The molecule has 0 aliphatic carbocycles. The molecule has 0 saturated carbocycles. The van der Waals surface area contributed by atoms with Gasteiger partial charge in [0, 0.05) is 48.8 Å². The van der Waals surface area contributed by atoms with E-state index < -0.39 is 0 Å². The van der Waals surface area contributed by atoms with Gasteiger partial charge in [-0.2, -0.15) is 0 Å². The van der Waals surface area contributed by atoms with Crippen LogP contribution in [0.4, 0.5) is 0 Å². The third kappa shape index (κ3) is 3.15. The van der Waals surface area contributed by atoms with Crippen molar-refractivity contribution < 1.29 is 0 Å². The molecule has 104 valence electrons. The average molecular weight is 276 g/mol. The predicted octanol–water partition coefficient (Wildman–Crippen LogP) is 2.95. The molecule has 2 heterocycles. The van der Waals surface area contributed by atoms with Crippen LogP contribution in [-0.2, 0) is 0 Å². The molecule has 3 rings (SSSR count). The molecule has 0 aromatic heterocycles. The minimum Gasteiger partial charge on any atom is -0.311 e. The zero-order chi connectivity index (χ0) is 13.1. The Kier molecular flexibility index (Phi) is 4.46. The highest BCUT2D eigenvalue weighted by molar-refractivity contribution is 7.99. The minimum atomic E-state index is 0.711. The topological polar surface area (TPSA) is 15.3 Å². The summed E-state index contributed by atoms with van der Waals surface area (Å²) < 4.78 is 0. The summed E-state index contributed by atoms with van der Waals surface area (Å²) in [5, 5.41) is 3.65. The first-order valence-electron chi connectivity index (χ1n) is 7.54. The third-order valence-corrected chi connectivity index (χ3v) is 5.51. The lowest BCUT2D eigenvalue weighted by molar-refractivity contribution is 0.187. The van der Waals surface area contributed by atoms with Crippen molar-refractivity contribution in [1.82, 2.24) is 10.2 Å². The molecule has 2 aliphatic heterocycles. The molecule has 0 amide bonds. The number of benzene rings is 1. The van der Waals surface area contributed by atoms with E-state index in [4.69, 9.17) is 0 Å². The molecule has 2 unspecified atom stereocenters. The Morgan fingerprint density at radius 1 is 1.37 bits per heavy atom. The Morgan fingerprint density at radius 2 is 2.26 bits per heavy atom. The number of piperazine rings is 1. The van der Waals surface area contributed by atoms with Gasteiger partial charge in [0.25, 0.3) is 0 Å². The lowest BCUT2D eigenvalue weighted by Crippen LogP contribution is -2.51. The van der Waals surface area contributed by atoms with Crippen molar-refractivity contribution in [3.63, 3.8) is 0 Å². The maximum Gasteiger partial charge on any atom is 0.0195 e. The van der Waals surface area contributed by atoms with Gasteiger partial charge in [0.2, 0.25) is 0 Å². The van der Waals surface area contributed by atoms with Gasteiger partial charge in [0.15, 0.2) is 0 Å². The summed E-state index contributed by atoms with van der Waals surface area (Å²) in [7, 11) is 0. The monoisotopic (exact) mass is 276 g/mol. The molecule has 0 radical (unpaired) electrons. The van der Waals surface area contributed by atoms with Crippen LogP contribution in [0.25, 0.3) is 0 Å². The van der Waals surface area contributed by atoms with Gasteiger partial charge in [0.1, 0.15) is 0 Å². The fraction of sp³-hybridized carbons (Fsp3) is 0.625.